The zero-order chi connectivity index (χ0) is 21.2. The SMILES string of the molecule is CC1CCc2cc3c(=O)c4ccc(F)cc4n(C)c3cc2C(=O)c2ccc(F)cc21. The highest BCUT2D eigenvalue weighted by Gasteiger charge is 2.25. The van der Waals surface area contributed by atoms with E-state index < -0.39 is 5.82 Å². The molecule has 1 atom stereocenters. The van der Waals surface area contributed by atoms with Gasteiger partial charge in [-0.05, 0) is 78.4 Å². The lowest BCUT2D eigenvalue weighted by molar-refractivity contribution is 0.103. The molecule has 0 aliphatic heterocycles. The average molecular weight is 403 g/mol. The summed E-state index contributed by atoms with van der Waals surface area (Å²) >= 11 is 0. The van der Waals surface area contributed by atoms with Crippen molar-refractivity contribution in [1.29, 1.82) is 0 Å². The lowest BCUT2D eigenvalue weighted by Gasteiger charge is -2.22. The third kappa shape index (κ3) is 2.69. The molecular formula is C25H19F2NO2. The van der Waals surface area contributed by atoms with Crippen LogP contribution in [0.15, 0.2) is 53.3 Å². The van der Waals surface area contributed by atoms with E-state index in [1.54, 1.807) is 23.7 Å². The third-order valence-corrected chi connectivity index (χ3v) is 6.27. The molecule has 30 heavy (non-hydrogen) atoms. The van der Waals surface area contributed by atoms with Gasteiger partial charge in [0.15, 0.2) is 11.2 Å². The van der Waals surface area contributed by atoms with Crippen LogP contribution in [0.4, 0.5) is 8.78 Å². The minimum atomic E-state index is -0.427. The van der Waals surface area contributed by atoms with Crippen LogP contribution >= 0.6 is 0 Å². The number of pyridine rings is 1. The molecule has 1 unspecified atom stereocenters. The first-order valence-electron chi connectivity index (χ1n) is 9.94. The van der Waals surface area contributed by atoms with Gasteiger partial charge in [-0.3, -0.25) is 9.59 Å². The summed E-state index contributed by atoms with van der Waals surface area (Å²) < 4.78 is 29.4. The Morgan fingerprint density at radius 1 is 0.867 bits per heavy atom. The van der Waals surface area contributed by atoms with Crippen molar-refractivity contribution < 1.29 is 13.6 Å². The van der Waals surface area contributed by atoms with Crippen molar-refractivity contribution in [3.05, 3.63) is 92.6 Å². The maximum absolute atomic E-state index is 13.8. The Bertz CT molecular complexity index is 1440. The molecule has 5 rings (SSSR count). The van der Waals surface area contributed by atoms with Crippen LogP contribution in [0.25, 0.3) is 21.8 Å². The van der Waals surface area contributed by atoms with Crippen LogP contribution in [0.3, 0.4) is 0 Å². The number of rotatable bonds is 0. The smallest absolute Gasteiger partial charge is 0.197 e. The van der Waals surface area contributed by atoms with Gasteiger partial charge in [0.25, 0.3) is 0 Å². The quantitative estimate of drug-likeness (QED) is 0.376. The molecule has 1 aromatic heterocycles. The number of aryl methyl sites for hydroxylation is 2. The van der Waals surface area contributed by atoms with Crippen molar-refractivity contribution in [3.63, 3.8) is 0 Å². The minimum absolute atomic E-state index is 0.0194. The van der Waals surface area contributed by atoms with Gasteiger partial charge in [-0.15, -0.1) is 0 Å². The fraction of sp³-hybridized carbons (Fsp3) is 0.200. The van der Waals surface area contributed by atoms with E-state index in [1.807, 2.05) is 6.92 Å². The lowest BCUT2D eigenvalue weighted by atomic mass is 9.82. The summed E-state index contributed by atoms with van der Waals surface area (Å²) in [6.45, 7) is 1.98. The molecule has 0 amide bonds. The van der Waals surface area contributed by atoms with Crippen LogP contribution in [0.1, 0.15) is 46.3 Å². The van der Waals surface area contributed by atoms with Crippen LogP contribution < -0.4 is 5.43 Å². The standard InChI is InChI=1S/C25H19F2NO2/c1-13-3-4-14-9-21-23(28(2)22-11-16(27)6-8-18(22)25(21)30)12-20(14)24(29)17-7-5-15(26)10-19(13)17/h5-13H,3-4H2,1-2H3. The second kappa shape index (κ2) is 6.59. The predicted molar refractivity (Wildman–Crippen MR) is 113 cm³/mol. The summed E-state index contributed by atoms with van der Waals surface area (Å²) in [6.07, 6.45) is 1.35. The van der Waals surface area contributed by atoms with E-state index in [1.165, 1.54) is 36.4 Å². The van der Waals surface area contributed by atoms with Gasteiger partial charge in [0, 0.05) is 28.9 Å². The third-order valence-electron chi connectivity index (χ3n) is 6.27. The van der Waals surface area contributed by atoms with Gasteiger partial charge < -0.3 is 4.57 Å². The minimum Gasteiger partial charge on any atom is -0.343 e. The molecule has 0 fully saturated rings. The van der Waals surface area contributed by atoms with Crippen molar-refractivity contribution in [1.82, 2.24) is 4.57 Å². The highest BCUT2D eigenvalue weighted by molar-refractivity contribution is 6.13. The highest BCUT2D eigenvalue weighted by atomic mass is 19.1. The Hall–Kier alpha value is -3.34. The van der Waals surface area contributed by atoms with Gasteiger partial charge in [-0.25, -0.2) is 8.78 Å². The van der Waals surface area contributed by atoms with Crippen LogP contribution in [0.5, 0.6) is 0 Å². The van der Waals surface area contributed by atoms with Crippen molar-refractivity contribution in [2.75, 3.05) is 0 Å². The van der Waals surface area contributed by atoms with E-state index in [0.29, 0.717) is 44.9 Å². The fourth-order valence-electron chi connectivity index (χ4n) is 4.58. The molecular weight excluding hydrogens is 384 g/mol. The topological polar surface area (TPSA) is 39.1 Å². The molecule has 3 aromatic carbocycles. The van der Waals surface area contributed by atoms with E-state index in [4.69, 9.17) is 0 Å². The van der Waals surface area contributed by atoms with Gasteiger partial charge >= 0.3 is 0 Å². The summed E-state index contributed by atoms with van der Waals surface area (Å²) in [5, 5.41) is 0.952. The van der Waals surface area contributed by atoms with E-state index in [2.05, 4.69) is 0 Å². The second-order valence-electron chi connectivity index (χ2n) is 8.08. The Morgan fingerprint density at radius 3 is 2.37 bits per heavy atom. The number of benzene rings is 3. The number of carbonyl (C=O) groups excluding carboxylic acids is 1. The van der Waals surface area contributed by atoms with Crippen LogP contribution in [0, 0.1) is 11.6 Å². The normalized spacial score (nSPS) is 16.3. The predicted octanol–water partition coefficient (Wildman–Crippen LogP) is 5.25. The van der Waals surface area contributed by atoms with E-state index in [0.717, 1.165) is 12.0 Å². The molecule has 0 spiro atoms. The number of halogens is 2. The van der Waals surface area contributed by atoms with Crippen LogP contribution in [0.2, 0.25) is 0 Å². The molecule has 0 saturated heterocycles. The number of hydrogen-bond acceptors (Lipinski definition) is 2. The summed E-state index contributed by atoms with van der Waals surface area (Å²) in [7, 11) is 1.76. The van der Waals surface area contributed by atoms with Crippen LogP contribution in [-0.4, -0.2) is 10.4 Å². The number of carbonyl (C=O) groups is 1. The number of ketones is 1. The maximum Gasteiger partial charge on any atom is 0.197 e. The monoisotopic (exact) mass is 403 g/mol. The molecule has 1 aliphatic rings. The van der Waals surface area contributed by atoms with E-state index in [9.17, 15) is 18.4 Å². The Balaban J connectivity index is 1.84. The molecule has 0 N–H and O–H groups in total. The first-order chi connectivity index (χ1) is 14.3. The summed E-state index contributed by atoms with van der Waals surface area (Å²) in [4.78, 5) is 26.5. The van der Waals surface area contributed by atoms with Gasteiger partial charge in [-0.2, -0.15) is 0 Å². The zero-order valence-electron chi connectivity index (χ0n) is 16.6. The number of aromatic nitrogens is 1. The number of nitrogens with zero attached hydrogens (tertiary/aromatic N) is 1. The molecule has 0 saturated carbocycles. The molecule has 4 aromatic rings. The van der Waals surface area contributed by atoms with Gasteiger partial charge in [0.05, 0.1) is 11.0 Å². The summed E-state index contributed by atoms with van der Waals surface area (Å²) in [5.74, 6) is -0.945. The lowest BCUT2D eigenvalue weighted by Crippen LogP contribution is -2.17. The van der Waals surface area contributed by atoms with Crippen molar-refractivity contribution >= 4 is 27.6 Å². The average Bonchev–Trinajstić information content (AvgIpc) is 2.74. The number of hydrogen-bond donors (Lipinski definition) is 0. The maximum atomic E-state index is 13.8. The first-order valence-corrected chi connectivity index (χ1v) is 9.94. The molecule has 1 aliphatic carbocycles. The van der Waals surface area contributed by atoms with Gasteiger partial charge in [0.2, 0.25) is 0 Å². The molecule has 1 heterocycles. The molecule has 3 nitrogen and oxygen atoms in total. The Kier molecular flexibility index (Phi) is 4.10. The molecule has 5 heteroatoms. The Labute approximate surface area is 171 Å². The second-order valence-corrected chi connectivity index (χ2v) is 8.08. The van der Waals surface area contributed by atoms with Crippen molar-refractivity contribution in [3.8, 4) is 0 Å². The van der Waals surface area contributed by atoms with E-state index in [-0.39, 0.29) is 22.9 Å². The molecule has 150 valence electrons. The van der Waals surface area contributed by atoms with E-state index >= 15 is 0 Å². The number of fused-ring (bicyclic) bond motifs is 4. The Morgan fingerprint density at radius 2 is 1.57 bits per heavy atom. The summed E-state index contributed by atoms with van der Waals surface area (Å²) in [5.41, 5.74) is 3.39. The first kappa shape index (κ1) is 18.7. The molecule has 0 radical (unpaired) electrons. The largest absolute Gasteiger partial charge is 0.343 e. The highest BCUT2D eigenvalue weighted by Crippen LogP contribution is 2.33. The zero-order valence-corrected chi connectivity index (χ0v) is 16.6. The van der Waals surface area contributed by atoms with Gasteiger partial charge in [0.1, 0.15) is 11.6 Å². The van der Waals surface area contributed by atoms with Crippen LogP contribution in [-0.2, 0) is 13.5 Å². The van der Waals surface area contributed by atoms with Crippen molar-refractivity contribution in [2.45, 2.75) is 25.7 Å². The molecule has 0 bridgehead atoms. The van der Waals surface area contributed by atoms with Gasteiger partial charge in [-0.1, -0.05) is 6.92 Å². The summed E-state index contributed by atoms with van der Waals surface area (Å²) in [6, 6.07) is 11.9. The fourth-order valence-corrected chi connectivity index (χ4v) is 4.58. The van der Waals surface area contributed by atoms with Crippen molar-refractivity contribution in [2.24, 2.45) is 7.05 Å².